The van der Waals surface area contributed by atoms with Crippen molar-refractivity contribution in [3.05, 3.63) is 28.8 Å². The van der Waals surface area contributed by atoms with Crippen molar-refractivity contribution in [2.75, 3.05) is 6.54 Å². The minimum atomic E-state index is -3.91. The second-order valence-electron chi connectivity index (χ2n) is 10.7. The molecule has 2 rings (SSSR count). The first-order valence-electron chi connectivity index (χ1n) is 12.9. The van der Waals surface area contributed by atoms with Gasteiger partial charge in [-0.3, -0.25) is 4.99 Å². The number of hydrogen-bond acceptors (Lipinski definition) is 7. The molecule has 1 aliphatic rings. The van der Waals surface area contributed by atoms with E-state index in [9.17, 15) is 23.1 Å². The molecule has 11 nitrogen and oxygen atoms in total. The third-order valence-electron chi connectivity index (χ3n) is 5.68. The summed E-state index contributed by atoms with van der Waals surface area (Å²) in [5.41, 5.74) is 12.7. The van der Waals surface area contributed by atoms with Crippen LogP contribution in [0.2, 0.25) is 0 Å². The highest BCUT2D eigenvalue weighted by Crippen LogP contribution is 2.21. The van der Waals surface area contributed by atoms with E-state index >= 15 is 0 Å². The number of benzene rings is 1. The van der Waals surface area contributed by atoms with Gasteiger partial charge in [0, 0.05) is 12.6 Å². The van der Waals surface area contributed by atoms with Gasteiger partial charge < -0.3 is 26.6 Å². The van der Waals surface area contributed by atoms with Gasteiger partial charge in [0.05, 0.1) is 4.90 Å². The van der Waals surface area contributed by atoms with E-state index in [-0.39, 0.29) is 30.2 Å². The van der Waals surface area contributed by atoms with E-state index in [2.05, 4.69) is 15.0 Å². The average Bonchev–Trinajstić information content (AvgIpc) is 2.74. The summed E-state index contributed by atoms with van der Waals surface area (Å²) < 4.78 is 32.6. The fraction of sp³-hybridized carbons (Fsp3) is 0.654. The molecule has 1 saturated carbocycles. The van der Waals surface area contributed by atoms with E-state index in [0.29, 0.717) is 17.2 Å². The Morgan fingerprint density at radius 2 is 1.68 bits per heavy atom. The average molecular weight is 556 g/mol. The van der Waals surface area contributed by atoms with Crippen LogP contribution < -0.4 is 21.5 Å². The molecule has 0 radical (unpaired) electrons. The van der Waals surface area contributed by atoms with Crippen LogP contribution in [0, 0.1) is 20.8 Å². The number of carboxylic acid groups (broad SMARTS) is 1. The van der Waals surface area contributed by atoms with E-state index in [1.165, 1.54) is 32.1 Å². The number of carbonyl (C=O) groups excluding carboxylic acids is 1. The topological polar surface area (TPSA) is 186 Å². The third kappa shape index (κ3) is 12.6. The van der Waals surface area contributed by atoms with Gasteiger partial charge in [-0.25, -0.2) is 22.7 Å². The lowest BCUT2D eigenvalue weighted by atomic mass is 9.97. The lowest BCUT2D eigenvalue weighted by Crippen LogP contribution is -2.43. The zero-order valence-corrected chi connectivity index (χ0v) is 24.3. The number of ether oxygens (including phenoxy) is 1. The zero-order chi connectivity index (χ0) is 29.1. The molecule has 0 unspecified atom stereocenters. The fourth-order valence-electron chi connectivity index (χ4n) is 4.15. The predicted molar refractivity (Wildman–Crippen MR) is 149 cm³/mol. The van der Waals surface area contributed by atoms with Crippen molar-refractivity contribution in [2.24, 2.45) is 16.5 Å². The maximum Gasteiger partial charge on any atom is 0.408 e. The Hall–Kier alpha value is -2.86. The van der Waals surface area contributed by atoms with E-state index in [1.807, 2.05) is 6.92 Å². The van der Waals surface area contributed by atoms with Crippen LogP contribution in [0.5, 0.6) is 0 Å². The number of nitrogens with one attached hydrogen (secondary N) is 2. The summed E-state index contributed by atoms with van der Waals surface area (Å²) in [6.45, 7) is 10.3. The van der Waals surface area contributed by atoms with Gasteiger partial charge in [-0.2, -0.15) is 0 Å². The van der Waals surface area contributed by atoms with Crippen molar-refractivity contribution in [2.45, 2.75) is 109 Å². The largest absolute Gasteiger partial charge is 0.480 e. The van der Waals surface area contributed by atoms with Crippen LogP contribution >= 0.6 is 0 Å². The quantitative estimate of drug-likeness (QED) is 0.184. The maximum absolute atomic E-state index is 12.7. The van der Waals surface area contributed by atoms with Gasteiger partial charge in [0.15, 0.2) is 0 Å². The molecule has 0 aromatic heterocycles. The van der Waals surface area contributed by atoms with Crippen molar-refractivity contribution in [3.63, 3.8) is 0 Å². The van der Waals surface area contributed by atoms with Crippen molar-refractivity contribution < 1.29 is 27.9 Å². The summed E-state index contributed by atoms with van der Waals surface area (Å²) >= 11 is 0. The number of alkyl carbamates (subject to hydrolysis) is 1. The maximum atomic E-state index is 12.7. The number of aryl methyl sites for hydroxylation is 3. The van der Waals surface area contributed by atoms with Gasteiger partial charge in [0.25, 0.3) is 10.0 Å². The molecule has 216 valence electrons. The number of carbonyl (C=O) groups is 2. The van der Waals surface area contributed by atoms with E-state index in [4.69, 9.17) is 16.2 Å². The number of rotatable bonds is 8. The molecule has 1 aromatic carbocycles. The molecule has 1 aliphatic carbocycles. The van der Waals surface area contributed by atoms with Crippen LogP contribution in [0.25, 0.3) is 0 Å². The summed E-state index contributed by atoms with van der Waals surface area (Å²) in [6, 6.07) is 2.89. The van der Waals surface area contributed by atoms with Gasteiger partial charge in [-0.1, -0.05) is 37.0 Å². The number of nitrogens with two attached hydrogens (primary N) is 2. The Kier molecular flexibility index (Phi) is 13.0. The van der Waals surface area contributed by atoms with Gasteiger partial charge in [-0.15, -0.1) is 0 Å². The Morgan fingerprint density at radius 1 is 1.13 bits per heavy atom. The number of aliphatic carboxylic acids is 1. The molecule has 1 amide bonds. The molecular formula is C26H45N5O6S. The molecule has 0 aliphatic heterocycles. The van der Waals surface area contributed by atoms with Crippen LogP contribution in [0.3, 0.4) is 0 Å². The van der Waals surface area contributed by atoms with Crippen LogP contribution in [-0.2, 0) is 19.6 Å². The monoisotopic (exact) mass is 555 g/mol. The summed E-state index contributed by atoms with van der Waals surface area (Å²) in [6.07, 6.45) is 6.14. The fourth-order valence-corrected chi connectivity index (χ4v) is 5.56. The highest BCUT2D eigenvalue weighted by atomic mass is 32.2. The Labute approximate surface area is 226 Å². The number of aliphatic imine (C=N–C) groups is 1. The van der Waals surface area contributed by atoms with Crippen molar-refractivity contribution in [1.29, 1.82) is 0 Å². The minimum Gasteiger partial charge on any atom is -0.480 e. The second-order valence-corrected chi connectivity index (χ2v) is 12.3. The number of guanidine groups is 1. The summed E-state index contributed by atoms with van der Waals surface area (Å²) in [7, 11) is -3.91. The van der Waals surface area contributed by atoms with Crippen LogP contribution in [0.15, 0.2) is 22.0 Å². The smallest absolute Gasteiger partial charge is 0.408 e. The lowest BCUT2D eigenvalue weighted by molar-refractivity contribution is -0.139. The van der Waals surface area contributed by atoms with E-state index in [1.54, 1.807) is 46.8 Å². The minimum absolute atomic E-state index is 0.0638. The molecule has 1 atom stereocenters. The molecular weight excluding hydrogens is 510 g/mol. The number of nitrogens with zero attached hydrogens (tertiary/aromatic N) is 1. The SMILES string of the molecule is Cc1cc(C)c(S(=O)(=O)NC(N)=NCCC[C@@H](NC(=O)OC(C)(C)C)C(=O)O)c(C)c1.NC1CCCCC1. The number of amides is 1. The van der Waals surface area contributed by atoms with Crippen molar-refractivity contribution in [1.82, 2.24) is 10.0 Å². The molecule has 0 bridgehead atoms. The first-order chi connectivity index (χ1) is 17.5. The van der Waals surface area contributed by atoms with Gasteiger partial charge >= 0.3 is 12.1 Å². The molecule has 7 N–H and O–H groups in total. The van der Waals surface area contributed by atoms with Gasteiger partial charge in [0.1, 0.15) is 11.6 Å². The van der Waals surface area contributed by atoms with Gasteiger partial charge in [0.2, 0.25) is 5.96 Å². The summed E-state index contributed by atoms with van der Waals surface area (Å²) in [4.78, 5) is 27.2. The normalized spacial score (nSPS) is 15.6. The van der Waals surface area contributed by atoms with Crippen LogP contribution in [0.4, 0.5) is 4.79 Å². The van der Waals surface area contributed by atoms with Crippen LogP contribution in [-0.4, -0.2) is 55.8 Å². The number of carboxylic acids is 1. The predicted octanol–water partition coefficient (Wildman–Crippen LogP) is 3.24. The molecule has 38 heavy (non-hydrogen) atoms. The number of sulfonamides is 1. The second kappa shape index (κ2) is 14.9. The molecule has 0 spiro atoms. The van der Waals surface area contributed by atoms with Gasteiger partial charge in [-0.05, 0) is 78.4 Å². The third-order valence-corrected chi connectivity index (χ3v) is 7.34. The Bertz CT molecular complexity index is 1050. The molecule has 1 fully saturated rings. The molecule has 1 aromatic rings. The summed E-state index contributed by atoms with van der Waals surface area (Å²) in [5.74, 6) is -1.51. The Morgan fingerprint density at radius 3 is 2.13 bits per heavy atom. The Balaban J connectivity index is 0.000000884. The highest BCUT2D eigenvalue weighted by Gasteiger charge is 2.24. The molecule has 0 saturated heterocycles. The standard InChI is InChI=1S/C20H32N4O6S.C6H13N/c1-12-10-13(2)16(14(3)11-12)31(28,29)24-18(21)22-9-7-8-15(17(25)26)23-19(27)30-20(4,5)6;7-6-4-2-1-3-5-6/h10-11,15H,7-9H2,1-6H3,(H,23,27)(H,25,26)(H3,21,22,24);6H,1-5,7H2/t15-;/m1./s1. The van der Waals surface area contributed by atoms with E-state index in [0.717, 1.165) is 5.56 Å². The van der Waals surface area contributed by atoms with Crippen molar-refractivity contribution in [3.8, 4) is 0 Å². The zero-order valence-electron chi connectivity index (χ0n) is 23.5. The van der Waals surface area contributed by atoms with Crippen LogP contribution in [0.1, 0.15) is 82.4 Å². The first kappa shape index (κ1) is 33.2. The van der Waals surface area contributed by atoms with Crippen molar-refractivity contribution >= 4 is 28.0 Å². The molecule has 0 heterocycles. The highest BCUT2D eigenvalue weighted by molar-refractivity contribution is 7.90. The number of hydrogen-bond donors (Lipinski definition) is 5. The summed E-state index contributed by atoms with van der Waals surface area (Å²) in [5, 5.41) is 11.5. The van der Waals surface area contributed by atoms with E-state index < -0.39 is 33.7 Å². The molecule has 12 heteroatoms. The lowest BCUT2D eigenvalue weighted by Gasteiger charge is -2.21. The first-order valence-corrected chi connectivity index (χ1v) is 14.4.